The van der Waals surface area contributed by atoms with Gasteiger partial charge in [0.2, 0.25) is 0 Å². The summed E-state index contributed by atoms with van der Waals surface area (Å²) in [6.45, 7) is 9.60. The largest absolute Gasteiger partial charge is 0.472 e. The van der Waals surface area contributed by atoms with Gasteiger partial charge in [-0.2, -0.15) is 0 Å². The summed E-state index contributed by atoms with van der Waals surface area (Å²) in [6.07, 6.45) is 0. The van der Waals surface area contributed by atoms with E-state index < -0.39 is 0 Å². The van der Waals surface area contributed by atoms with Crippen LogP contribution in [-0.2, 0) is 6.54 Å². The van der Waals surface area contributed by atoms with Gasteiger partial charge in [0.15, 0.2) is 6.73 Å². The average Bonchev–Trinajstić information content (AvgIpc) is 2.74. The van der Waals surface area contributed by atoms with Crippen LogP contribution >= 0.6 is 0 Å². The predicted octanol–water partition coefficient (Wildman–Crippen LogP) is 6.05. The van der Waals surface area contributed by atoms with E-state index in [2.05, 4.69) is 43.9 Å². The number of ether oxygens (including phenoxy) is 1. The van der Waals surface area contributed by atoms with Crippen molar-refractivity contribution in [1.29, 1.82) is 0 Å². The van der Waals surface area contributed by atoms with Crippen molar-refractivity contribution in [2.24, 2.45) is 0 Å². The van der Waals surface area contributed by atoms with Gasteiger partial charge in [0.05, 0.1) is 0 Å². The maximum Gasteiger partial charge on any atom is 0.336 e. The Morgan fingerprint density at radius 3 is 2.32 bits per heavy atom. The van der Waals surface area contributed by atoms with Crippen LogP contribution < -0.4 is 15.3 Å². The van der Waals surface area contributed by atoms with Crippen molar-refractivity contribution in [3.05, 3.63) is 92.8 Å². The first-order chi connectivity index (χ1) is 14.9. The molecule has 1 aliphatic rings. The van der Waals surface area contributed by atoms with Crippen LogP contribution in [0.3, 0.4) is 0 Å². The van der Waals surface area contributed by atoms with Gasteiger partial charge < -0.3 is 14.1 Å². The zero-order valence-electron chi connectivity index (χ0n) is 18.3. The molecule has 0 spiro atoms. The van der Waals surface area contributed by atoms with E-state index in [1.165, 1.54) is 22.4 Å². The summed E-state index contributed by atoms with van der Waals surface area (Å²) < 4.78 is 11.9. The van der Waals surface area contributed by atoms with Gasteiger partial charge in [-0.15, -0.1) is 0 Å². The molecule has 0 radical (unpaired) electrons. The van der Waals surface area contributed by atoms with Gasteiger partial charge in [0, 0.05) is 34.8 Å². The van der Waals surface area contributed by atoms with E-state index >= 15 is 0 Å². The molecule has 0 aliphatic carbocycles. The van der Waals surface area contributed by atoms with Gasteiger partial charge in [-0.05, 0) is 56.0 Å². The van der Waals surface area contributed by atoms with E-state index in [9.17, 15) is 4.79 Å². The quantitative estimate of drug-likeness (QED) is 0.377. The van der Waals surface area contributed by atoms with Gasteiger partial charge in [-0.1, -0.05) is 48.0 Å². The van der Waals surface area contributed by atoms with Crippen LogP contribution in [0.2, 0.25) is 0 Å². The molecule has 0 N–H and O–H groups in total. The third-order valence-corrected chi connectivity index (χ3v) is 6.05. The van der Waals surface area contributed by atoms with Gasteiger partial charge in [-0.25, -0.2) is 4.79 Å². The first kappa shape index (κ1) is 19.4. The van der Waals surface area contributed by atoms with E-state index in [1.54, 1.807) is 6.07 Å². The third-order valence-electron chi connectivity index (χ3n) is 6.05. The van der Waals surface area contributed by atoms with E-state index in [0.29, 0.717) is 12.3 Å². The van der Waals surface area contributed by atoms with E-state index in [0.717, 1.165) is 39.9 Å². The monoisotopic (exact) mass is 411 g/mol. The summed E-state index contributed by atoms with van der Waals surface area (Å²) in [5.74, 6) is 0.819. The minimum Gasteiger partial charge on any atom is -0.472 e. The number of aryl methyl sites for hydroxylation is 4. The van der Waals surface area contributed by atoms with Crippen LogP contribution in [0.15, 0.2) is 63.8 Å². The molecular formula is C27H25NO3. The molecule has 5 rings (SSSR count). The van der Waals surface area contributed by atoms with Crippen molar-refractivity contribution in [1.82, 2.24) is 0 Å². The fourth-order valence-corrected chi connectivity index (χ4v) is 4.89. The second-order valence-electron chi connectivity index (χ2n) is 8.43. The Morgan fingerprint density at radius 1 is 0.903 bits per heavy atom. The third kappa shape index (κ3) is 3.28. The van der Waals surface area contributed by atoms with Gasteiger partial charge in [0.25, 0.3) is 0 Å². The molecule has 0 fully saturated rings. The van der Waals surface area contributed by atoms with Gasteiger partial charge in [0.1, 0.15) is 11.3 Å². The molecule has 0 amide bonds. The van der Waals surface area contributed by atoms with Crippen molar-refractivity contribution in [2.75, 3.05) is 11.6 Å². The smallest absolute Gasteiger partial charge is 0.336 e. The fraction of sp³-hybridized carbons (Fsp3) is 0.222. The van der Waals surface area contributed by atoms with Crippen molar-refractivity contribution in [3.8, 4) is 16.9 Å². The van der Waals surface area contributed by atoms with Crippen molar-refractivity contribution >= 4 is 16.7 Å². The molecule has 0 atom stereocenters. The topological polar surface area (TPSA) is 42.7 Å². The Morgan fingerprint density at radius 2 is 1.61 bits per heavy atom. The van der Waals surface area contributed by atoms with Crippen LogP contribution in [0.5, 0.6) is 5.75 Å². The minimum absolute atomic E-state index is 0.349. The molecule has 0 saturated heterocycles. The SMILES string of the molecule is Cc1cc(C)c(N2COc3c(cc4c(-c5ccccc5)cc(=O)oc4c3C)C2)c(C)c1. The molecule has 31 heavy (non-hydrogen) atoms. The zero-order valence-corrected chi connectivity index (χ0v) is 18.3. The highest BCUT2D eigenvalue weighted by atomic mass is 16.5. The number of fused-ring (bicyclic) bond motifs is 2. The first-order valence-electron chi connectivity index (χ1n) is 10.5. The summed E-state index contributed by atoms with van der Waals surface area (Å²) in [5, 5.41) is 0.935. The standard InChI is InChI=1S/C27H25NO3/c1-16-10-17(2)25(18(3)11-16)28-14-21-12-23-22(20-8-6-5-7-9-20)13-24(29)31-27(23)19(4)26(21)30-15-28/h5-13H,14-15H2,1-4H3. The molecule has 1 aromatic heterocycles. The number of hydrogen-bond donors (Lipinski definition) is 0. The highest BCUT2D eigenvalue weighted by molar-refractivity contribution is 5.96. The van der Waals surface area contributed by atoms with Crippen molar-refractivity contribution < 1.29 is 9.15 Å². The lowest BCUT2D eigenvalue weighted by molar-refractivity contribution is 0.287. The van der Waals surface area contributed by atoms with E-state index in [4.69, 9.17) is 9.15 Å². The molecule has 2 heterocycles. The number of rotatable bonds is 2. The summed E-state index contributed by atoms with van der Waals surface area (Å²) in [5.41, 5.74) is 9.09. The molecule has 156 valence electrons. The molecule has 0 bridgehead atoms. The number of nitrogens with zero attached hydrogens (tertiary/aromatic N) is 1. The summed E-state index contributed by atoms with van der Waals surface area (Å²) in [6, 6.07) is 18.1. The minimum atomic E-state index is -0.349. The maximum absolute atomic E-state index is 12.3. The molecular weight excluding hydrogens is 386 g/mol. The summed E-state index contributed by atoms with van der Waals surface area (Å²) in [4.78, 5) is 14.6. The Balaban J connectivity index is 1.68. The first-order valence-corrected chi connectivity index (χ1v) is 10.5. The lowest BCUT2D eigenvalue weighted by Gasteiger charge is -2.34. The average molecular weight is 412 g/mol. The Hall–Kier alpha value is -3.53. The summed E-state index contributed by atoms with van der Waals surface area (Å²) in [7, 11) is 0. The molecule has 4 aromatic rings. The molecule has 0 unspecified atom stereocenters. The van der Waals surface area contributed by atoms with Crippen LogP contribution in [0.4, 0.5) is 5.69 Å². The zero-order chi connectivity index (χ0) is 21.7. The molecule has 0 saturated carbocycles. The highest BCUT2D eigenvalue weighted by Gasteiger charge is 2.25. The molecule has 4 nitrogen and oxygen atoms in total. The maximum atomic E-state index is 12.3. The van der Waals surface area contributed by atoms with Crippen molar-refractivity contribution in [3.63, 3.8) is 0 Å². The molecule has 4 heteroatoms. The Kier molecular flexibility index (Phi) is 4.58. The van der Waals surface area contributed by atoms with Crippen LogP contribution in [0.25, 0.3) is 22.1 Å². The fourth-order valence-electron chi connectivity index (χ4n) is 4.89. The highest BCUT2D eigenvalue weighted by Crippen LogP contribution is 2.40. The Labute approximate surface area is 181 Å². The number of hydrogen-bond acceptors (Lipinski definition) is 4. The van der Waals surface area contributed by atoms with E-state index in [-0.39, 0.29) is 5.63 Å². The second kappa shape index (κ2) is 7.31. The molecule has 3 aromatic carbocycles. The second-order valence-corrected chi connectivity index (χ2v) is 8.43. The van der Waals surface area contributed by atoms with Crippen LogP contribution in [-0.4, -0.2) is 6.73 Å². The van der Waals surface area contributed by atoms with E-state index in [1.807, 2.05) is 37.3 Å². The van der Waals surface area contributed by atoms with Crippen LogP contribution in [0, 0.1) is 27.7 Å². The van der Waals surface area contributed by atoms with Gasteiger partial charge in [-0.3, -0.25) is 0 Å². The molecule has 1 aliphatic heterocycles. The number of benzene rings is 3. The lowest BCUT2D eigenvalue weighted by atomic mass is 9.96. The van der Waals surface area contributed by atoms with Gasteiger partial charge >= 0.3 is 5.63 Å². The van der Waals surface area contributed by atoms with Crippen LogP contribution in [0.1, 0.15) is 27.8 Å². The van der Waals surface area contributed by atoms with Crippen molar-refractivity contribution in [2.45, 2.75) is 34.2 Å². The lowest BCUT2D eigenvalue weighted by Crippen LogP contribution is -2.33. The normalized spacial score (nSPS) is 13.2. The Bertz CT molecular complexity index is 1350. The summed E-state index contributed by atoms with van der Waals surface area (Å²) >= 11 is 0. The number of anilines is 1. The predicted molar refractivity (Wildman–Crippen MR) is 125 cm³/mol.